The van der Waals surface area contributed by atoms with Gasteiger partial charge in [-0.3, -0.25) is 0 Å². The molecule has 0 aliphatic rings. The van der Waals surface area contributed by atoms with Crippen LogP contribution in [-0.2, 0) is 6.54 Å². The molecule has 1 aromatic heterocycles. The van der Waals surface area contributed by atoms with Gasteiger partial charge in [-0.25, -0.2) is 13.8 Å². The van der Waals surface area contributed by atoms with Crippen molar-refractivity contribution in [3.63, 3.8) is 0 Å². The molecule has 0 amide bonds. The summed E-state index contributed by atoms with van der Waals surface area (Å²) in [6.07, 6.45) is 1.44. The Balaban J connectivity index is 2.12. The van der Waals surface area contributed by atoms with Crippen molar-refractivity contribution in [3.05, 3.63) is 59.3 Å². The number of anilines is 1. The second-order valence-corrected chi connectivity index (χ2v) is 3.61. The Bertz CT molecular complexity index is 605. The lowest BCUT2D eigenvalue weighted by atomic mass is 10.1. The maximum atomic E-state index is 13.5. The molecular weight excluding hydrogens is 236 g/mol. The van der Waals surface area contributed by atoms with E-state index in [-0.39, 0.29) is 17.9 Å². The second-order valence-electron chi connectivity index (χ2n) is 3.61. The number of nitriles is 1. The van der Waals surface area contributed by atoms with E-state index in [9.17, 15) is 8.78 Å². The number of aromatic nitrogens is 1. The van der Waals surface area contributed by atoms with E-state index in [4.69, 9.17) is 5.26 Å². The van der Waals surface area contributed by atoms with Gasteiger partial charge in [0.2, 0.25) is 0 Å². The number of benzene rings is 1. The van der Waals surface area contributed by atoms with Crippen LogP contribution in [-0.4, -0.2) is 4.98 Å². The van der Waals surface area contributed by atoms with E-state index in [2.05, 4.69) is 10.3 Å². The Labute approximate surface area is 103 Å². The van der Waals surface area contributed by atoms with Gasteiger partial charge in [0.15, 0.2) is 11.6 Å². The summed E-state index contributed by atoms with van der Waals surface area (Å²) in [5, 5.41) is 11.3. The first-order chi connectivity index (χ1) is 8.70. The molecule has 0 saturated carbocycles. The molecule has 0 fully saturated rings. The van der Waals surface area contributed by atoms with Crippen LogP contribution in [0.15, 0.2) is 36.5 Å². The van der Waals surface area contributed by atoms with Gasteiger partial charge in [0.1, 0.15) is 5.82 Å². The minimum Gasteiger partial charge on any atom is -0.363 e. The fourth-order valence-corrected chi connectivity index (χ4v) is 1.45. The predicted octanol–water partition coefficient (Wildman–Crippen LogP) is 2.84. The summed E-state index contributed by atoms with van der Waals surface area (Å²) in [4.78, 5) is 3.80. The molecule has 0 atom stereocenters. The number of rotatable bonds is 3. The van der Waals surface area contributed by atoms with Gasteiger partial charge >= 0.3 is 0 Å². The normalized spacial score (nSPS) is 9.83. The SMILES string of the molecule is N#Cc1ccc(CNc2ncccc2F)c(F)c1. The van der Waals surface area contributed by atoms with Crippen LogP contribution in [0.5, 0.6) is 0 Å². The van der Waals surface area contributed by atoms with Crippen LogP contribution in [0.1, 0.15) is 11.1 Å². The van der Waals surface area contributed by atoms with Crippen LogP contribution in [0.2, 0.25) is 0 Å². The Morgan fingerprint density at radius 1 is 1.22 bits per heavy atom. The van der Waals surface area contributed by atoms with Gasteiger partial charge in [-0.15, -0.1) is 0 Å². The number of nitrogens with zero attached hydrogens (tertiary/aromatic N) is 2. The molecule has 1 heterocycles. The van der Waals surface area contributed by atoms with E-state index in [1.807, 2.05) is 6.07 Å². The van der Waals surface area contributed by atoms with E-state index >= 15 is 0 Å². The molecule has 0 aliphatic carbocycles. The molecule has 5 heteroatoms. The lowest BCUT2D eigenvalue weighted by Gasteiger charge is -2.07. The van der Waals surface area contributed by atoms with Crippen molar-refractivity contribution in [2.24, 2.45) is 0 Å². The van der Waals surface area contributed by atoms with Crippen LogP contribution >= 0.6 is 0 Å². The highest BCUT2D eigenvalue weighted by molar-refractivity contribution is 5.38. The summed E-state index contributed by atoms with van der Waals surface area (Å²) in [5.41, 5.74) is 0.597. The molecule has 18 heavy (non-hydrogen) atoms. The van der Waals surface area contributed by atoms with Crippen molar-refractivity contribution in [1.29, 1.82) is 5.26 Å². The largest absolute Gasteiger partial charge is 0.363 e. The highest BCUT2D eigenvalue weighted by atomic mass is 19.1. The van der Waals surface area contributed by atoms with Gasteiger partial charge in [0.05, 0.1) is 11.6 Å². The van der Waals surface area contributed by atoms with Gasteiger partial charge in [-0.05, 0) is 24.3 Å². The van der Waals surface area contributed by atoms with Gasteiger partial charge in [-0.1, -0.05) is 6.07 Å². The molecule has 0 aliphatic heterocycles. The first-order valence-corrected chi connectivity index (χ1v) is 5.23. The first-order valence-electron chi connectivity index (χ1n) is 5.23. The summed E-state index contributed by atoms with van der Waals surface area (Å²) in [6, 6.07) is 8.73. The van der Waals surface area contributed by atoms with E-state index in [0.717, 1.165) is 6.07 Å². The molecule has 90 valence electrons. The van der Waals surface area contributed by atoms with Gasteiger partial charge in [0.25, 0.3) is 0 Å². The third kappa shape index (κ3) is 2.61. The van der Waals surface area contributed by atoms with Crippen LogP contribution in [0.4, 0.5) is 14.6 Å². The minimum absolute atomic E-state index is 0.0706. The molecule has 2 rings (SSSR count). The Morgan fingerprint density at radius 2 is 2.06 bits per heavy atom. The van der Waals surface area contributed by atoms with Crippen LogP contribution in [0.25, 0.3) is 0 Å². The topological polar surface area (TPSA) is 48.7 Å². The molecule has 0 spiro atoms. The standard InChI is InChI=1S/C13H9F2N3/c14-11-2-1-5-17-13(11)18-8-10-4-3-9(7-16)6-12(10)15/h1-6H,8H2,(H,17,18). The van der Waals surface area contributed by atoms with Crippen molar-refractivity contribution in [2.75, 3.05) is 5.32 Å². The van der Waals surface area contributed by atoms with Gasteiger partial charge < -0.3 is 5.32 Å². The number of hydrogen-bond acceptors (Lipinski definition) is 3. The summed E-state index contributed by atoms with van der Waals surface area (Å²) >= 11 is 0. The van der Waals surface area contributed by atoms with Gasteiger partial charge in [-0.2, -0.15) is 5.26 Å². The third-order valence-electron chi connectivity index (χ3n) is 2.39. The number of pyridine rings is 1. The lowest BCUT2D eigenvalue weighted by Crippen LogP contribution is -2.05. The predicted molar refractivity (Wildman–Crippen MR) is 62.6 cm³/mol. The van der Waals surface area contributed by atoms with E-state index in [1.54, 1.807) is 0 Å². The van der Waals surface area contributed by atoms with Crippen molar-refractivity contribution >= 4 is 5.82 Å². The van der Waals surface area contributed by atoms with Crippen LogP contribution in [0, 0.1) is 23.0 Å². The smallest absolute Gasteiger partial charge is 0.165 e. The molecule has 0 radical (unpaired) electrons. The molecule has 1 aromatic carbocycles. The molecule has 0 bridgehead atoms. The van der Waals surface area contributed by atoms with Crippen molar-refractivity contribution in [2.45, 2.75) is 6.54 Å². The van der Waals surface area contributed by atoms with Crippen molar-refractivity contribution < 1.29 is 8.78 Å². The molecule has 0 unspecified atom stereocenters. The number of hydrogen-bond donors (Lipinski definition) is 1. The van der Waals surface area contributed by atoms with Crippen molar-refractivity contribution in [1.82, 2.24) is 4.98 Å². The fourth-order valence-electron chi connectivity index (χ4n) is 1.45. The zero-order valence-corrected chi connectivity index (χ0v) is 9.32. The van der Waals surface area contributed by atoms with Crippen LogP contribution < -0.4 is 5.32 Å². The van der Waals surface area contributed by atoms with E-state index in [0.29, 0.717) is 5.56 Å². The molecular formula is C13H9F2N3. The maximum absolute atomic E-state index is 13.5. The van der Waals surface area contributed by atoms with E-state index < -0.39 is 11.6 Å². The average molecular weight is 245 g/mol. The number of halogens is 2. The highest BCUT2D eigenvalue weighted by Crippen LogP contribution is 2.14. The molecule has 0 saturated heterocycles. The van der Waals surface area contributed by atoms with Crippen LogP contribution in [0.3, 0.4) is 0 Å². The Hall–Kier alpha value is -2.48. The quantitative estimate of drug-likeness (QED) is 0.904. The average Bonchev–Trinajstić information content (AvgIpc) is 2.39. The molecule has 1 N–H and O–H groups in total. The van der Waals surface area contributed by atoms with Crippen molar-refractivity contribution in [3.8, 4) is 6.07 Å². The first kappa shape index (κ1) is 12.0. The van der Waals surface area contributed by atoms with Gasteiger partial charge in [0, 0.05) is 18.3 Å². The lowest BCUT2D eigenvalue weighted by molar-refractivity contribution is 0.608. The summed E-state index contributed by atoms with van der Waals surface area (Å²) in [6.45, 7) is 0.103. The number of nitrogens with one attached hydrogen (secondary N) is 1. The minimum atomic E-state index is -0.502. The zero-order valence-electron chi connectivity index (χ0n) is 9.32. The second kappa shape index (κ2) is 5.23. The summed E-state index contributed by atoms with van der Waals surface area (Å²) in [5.74, 6) is -0.925. The summed E-state index contributed by atoms with van der Waals surface area (Å²) in [7, 11) is 0. The Morgan fingerprint density at radius 3 is 2.72 bits per heavy atom. The third-order valence-corrected chi connectivity index (χ3v) is 2.39. The molecule has 3 nitrogen and oxygen atoms in total. The Kier molecular flexibility index (Phi) is 3.49. The van der Waals surface area contributed by atoms with E-state index in [1.165, 1.54) is 30.5 Å². The fraction of sp³-hybridized carbons (Fsp3) is 0.0769. The summed E-state index contributed by atoms with van der Waals surface area (Å²) < 4.78 is 26.8. The molecule has 2 aromatic rings. The highest BCUT2D eigenvalue weighted by Gasteiger charge is 2.06. The maximum Gasteiger partial charge on any atom is 0.165 e. The monoisotopic (exact) mass is 245 g/mol. The zero-order chi connectivity index (χ0) is 13.0.